The summed E-state index contributed by atoms with van der Waals surface area (Å²) in [5.74, 6) is 0.623. The lowest BCUT2D eigenvalue weighted by Gasteiger charge is -2.35. The molecule has 2 saturated heterocycles. The van der Waals surface area contributed by atoms with Crippen molar-refractivity contribution in [3.05, 3.63) is 0 Å². The van der Waals surface area contributed by atoms with Crippen molar-refractivity contribution < 1.29 is 17.9 Å². The number of rotatable bonds is 3. The summed E-state index contributed by atoms with van der Waals surface area (Å²) < 4.78 is 28.5. The molecule has 0 aromatic heterocycles. The molecule has 0 radical (unpaired) electrons. The number of alkyl carbamates (subject to hydrolysis) is 1. The molecular weight excluding hydrogens is 304 g/mol. The summed E-state index contributed by atoms with van der Waals surface area (Å²) in [4.78, 5) is 14.1. The van der Waals surface area contributed by atoms with Crippen LogP contribution in [0.15, 0.2) is 0 Å². The summed E-state index contributed by atoms with van der Waals surface area (Å²) in [6, 6.07) is 0.333. The lowest BCUT2D eigenvalue weighted by atomic mass is 10.0. The second kappa shape index (κ2) is 6.74. The summed E-state index contributed by atoms with van der Waals surface area (Å²) in [7, 11) is -2.82. The van der Waals surface area contributed by atoms with Gasteiger partial charge in [0.15, 0.2) is 9.84 Å². The van der Waals surface area contributed by atoms with E-state index in [0.29, 0.717) is 11.5 Å². The SMILES string of the molecule is O=C(NC1CCN(C2CCS(=O)(=O)C2)CC1)OC1CCCC1. The Morgan fingerprint density at radius 2 is 1.73 bits per heavy atom. The number of piperidine rings is 1. The van der Waals surface area contributed by atoms with Crippen LogP contribution in [0.3, 0.4) is 0 Å². The maximum absolute atomic E-state index is 11.9. The van der Waals surface area contributed by atoms with Gasteiger partial charge in [-0.25, -0.2) is 13.2 Å². The van der Waals surface area contributed by atoms with Crippen molar-refractivity contribution in [2.24, 2.45) is 0 Å². The van der Waals surface area contributed by atoms with E-state index >= 15 is 0 Å². The number of likely N-dealkylation sites (tertiary alicyclic amines) is 1. The summed E-state index contributed by atoms with van der Waals surface area (Å²) >= 11 is 0. The van der Waals surface area contributed by atoms with Gasteiger partial charge in [-0.3, -0.25) is 4.90 Å². The van der Waals surface area contributed by atoms with Crippen molar-refractivity contribution in [3.63, 3.8) is 0 Å². The minimum Gasteiger partial charge on any atom is -0.446 e. The second-order valence-electron chi connectivity index (χ2n) is 6.82. The molecule has 1 unspecified atom stereocenters. The number of nitrogens with zero attached hydrogens (tertiary/aromatic N) is 1. The molecule has 0 spiro atoms. The molecule has 7 heteroatoms. The molecule has 1 atom stereocenters. The van der Waals surface area contributed by atoms with Crippen molar-refractivity contribution in [1.82, 2.24) is 10.2 Å². The molecule has 126 valence electrons. The molecule has 0 bridgehead atoms. The monoisotopic (exact) mass is 330 g/mol. The van der Waals surface area contributed by atoms with Gasteiger partial charge in [-0.05, 0) is 44.9 Å². The lowest BCUT2D eigenvalue weighted by Crippen LogP contribution is -2.48. The highest BCUT2D eigenvalue weighted by molar-refractivity contribution is 7.91. The number of carbonyl (C=O) groups is 1. The highest BCUT2D eigenvalue weighted by atomic mass is 32.2. The normalized spacial score (nSPS) is 30.5. The van der Waals surface area contributed by atoms with E-state index in [9.17, 15) is 13.2 Å². The maximum Gasteiger partial charge on any atom is 0.407 e. The average Bonchev–Trinajstić information content (AvgIpc) is 3.09. The fourth-order valence-electron chi connectivity index (χ4n) is 3.83. The van der Waals surface area contributed by atoms with Gasteiger partial charge in [-0.2, -0.15) is 0 Å². The van der Waals surface area contributed by atoms with Gasteiger partial charge in [0.05, 0.1) is 11.5 Å². The molecule has 1 aliphatic carbocycles. The van der Waals surface area contributed by atoms with Crippen molar-refractivity contribution in [1.29, 1.82) is 0 Å². The summed E-state index contributed by atoms with van der Waals surface area (Å²) in [5.41, 5.74) is 0. The molecule has 1 N–H and O–H groups in total. The molecule has 1 saturated carbocycles. The first-order valence-electron chi connectivity index (χ1n) is 8.43. The Kier molecular flexibility index (Phi) is 4.92. The average molecular weight is 330 g/mol. The number of amides is 1. The van der Waals surface area contributed by atoms with E-state index in [1.807, 2.05) is 0 Å². The lowest BCUT2D eigenvalue weighted by molar-refractivity contribution is 0.0904. The fourth-order valence-corrected chi connectivity index (χ4v) is 5.59. The van der Waals surface area contributed by atoms with Crippen LogP contribution in [0.2, 0.25) is 0 Å². The highest BCUT2D eigenvalue weighted by Crippen LogP contribution is 2.23. The van der Waals surface area contributed by atoms with Gasteiger partial charge in [0.1, 0.15) is 6.10 Å². The minimum atomic E-state index is -2.82. The van der Waals surface area contributed by atoms with E-state index in [4.69, 9.17) is 4.74 Å². The number of sulfone groups is 1. The van der Waals surface area contributed by atoms with Gasteiger partial charge in [0, 0.05) is 25.2 Å². The zero-order chi connectivity index (χ0) is 15.6. The van der Waals surface area contributed by atoms with Crippen molar-refractivity contribution >= 4 is 15.9 Å². The number of ether oxygens (including phenoxy) is 1. The van der Waals surface area contributed by atoms with Crippen LogP contribution in [0, 0.1) is 0 Å². The fraction of sp³-hybridized carbons (Fsp3) is 0.933. The van der Waals surface area contributed by atoms with Gasteiger partial charge in [-0.15, -0.1) is 0 Å². The van der Waals surface area contributed by atoms with Crippen LogP contribution >= 0.6 is 0 Å². The molecule has 3 fully saturated rings. The summed E-state index contributed by atoms with van der Waals surface area (Å²) in [5, 5.41) is 2.97. The quantitative estimate of drug-likeness (QED) is 0.844. The number of nitrogens with one attached hydrogen (secondary N) is 1. The van der Waals surface area contributed by atoms with E-state index in [-0.39, 0.29) is 24.3 Å². The molecule has 3 aliphatic rings. The molecule has 3 rings (SSSR count). The molecule has 6 nitrogen and oxygen atoms in total. The molecule has 0 aromatic rings. The zero-order valence-corrected chi connectivity index (χ0v) is 13.8. The first-order valence-corrected chi connectivity index (χ1v) is 10.3. The van der Waals surface area contributed by atoms with E-state index < -0.39 is 9.84 Å². The highest BCUT2D eigenvalue weighted by Gasteiger charge is 2.34. The van der Waals surface area contributed by atoms with Crippen LogP contribution < -0.4 is 5.32 Å². The predicted octanol–water partition coefficient (Wildman–Crippen LogP) is 1.31. The van der Waals surface area contributed by atoms with Crippen LogP contribution in [0.1, 0.15) is 44.9 Å². The van der Waals surface area contributed by atoms with E-state index in [1.165, 1.54) is 0 Å². The predicted molar refractivity (Wildman–Crippen MR) is 83.5 cm³/mol. The van der Waals surface area contributed by atoms with Crippen molar-refractivity contribution in [3.8, 4) is 0 Å². The van der Waals surface area contributed by atoms with E-state index in [2.05, 4.69) is 10.2 Å². The third-order valence-corrected chi connectivity index (χ3v) is 6.90. The molecule has 2 aliphatic heterocycles. The largest absolute Gasteiger partial charge is 0.446 e. The minimum absolute atomic E-state index is 0.101. The van der Waals surface area contributed by atoms with Crippen molar-refractivity contribution in [2.75, 3.05) is 24.6 Å². The van der Waals surface area contributed by atoms with Gasteiger partial charge in [0.2, 0.25) is 0 Å². The Labute approximate surface area is 132 Å². The van der Waals surface area contributed by atoms with Crippen LogP contribution in [-0.4, -0.2) is 62.2 Å². The third kappa shape index (κ3) is 4.13. The van der Waals surface area contributed by atoms with Crippen LogP contribution in [0.5, 0.6) is 0 Å². The molecule has 2 heterocycles. The first kappa shape index (κ1) is 16.1. The first-order chi connectivity index (χ1) is 10.5. The van der Waals surface area contributed by atoms with Crippen LogP contribution in [-0.2, 0) is 14.6 Å². The van der Waals surface area contributed by atoms with E-state index in [1.54, 1.807) is 0 Å². The van der Waals surface area contributed by atoms with Crippen LogP contribution in [0.4, 0.5) is 4.79 Å². The van der Waals surface area contributed by atoms with E-state index in [0.717, 1.165) is 58.0 Å². The molecular formula is C15H26N2O4S. The molecule has 1 amide bonds. The molecule has 22 heavy (non-hydrogen) atoms. The Hall–Kier alpha value is -0.820. The van der Waals surface area contributed by atoms with Gasteiger partial charge in [-0.1, -0.05) is 0 Å². The topological polar surface area (TPSA) is 75.7 Å². The number of hydrogen-bond acceptors (Lipinski definition) is 5. The Bertz CT molecular complexity index is 494. The Balaban J connectivity index is 1.39. The third-order valence-electron chi connectivity index (χ3n) is 5.15. The smallest absolute Gasteiger partial charge is 0.407 e. The van der Waals surface area contributed by atoms with Crippen LogP contribution in [0.25, 0.3) is 0 Å². The second-order valence-corrected chi connectivity index (χ2v) is 9.05. The standard InChI is InChI=1S/C15H26N2O4S/c18-15(21-14-3-1-2-4-14)16-12-5-8-17(9-6-12)13-7-10-22(19,20)11-13/h12-14H,1-11H2,(H,16,18). The molecule has 0 aromatic carbocycles. The van der Waals surface area contributed by atoms with Crippen molar-refractivity contribution in [2.45, 2.75) is 63.1 Å². The summed E-state index contributed by atoms with van der Waals surface area (Å²) in [6.07, 6.45) is 6.60. The maximum atomic E-state index is 11.9. The van der Waals surface area contributed by atoms with Gasteiger partial charge >= 0.3 is 6.09 Å². The zero-order valence-electron chi connectivity index (χ0n) is 13.0. The summed E-state index contributed by atoms with van der Waals surface area (Å²) in [6.45, 7) is 1.71. The van der Waals surface area contributed by atoms with Gasteiger partial charge in [0.25, 0.3) is 0 Å². The Morgan fingerprint density at radius 1 is 1.05 bits per heavy atom. The number of carbonyl (C=O) groups excluding carboxylic acids is 1. The Morgan fingerprint density at radius 3 is 2.32 bits per heavy atom. The number of hydrogen-bond donors (Lipinski definition) is 1. The van der Waals surface area contributed by atoms with Gasteiger partial charge < -0.3 is 10.1 Å².